The van der Waals surface area contributed by atoms with Gasteiger partial charge in [0, 0.05) is 5.39 Å². The highest BCUT2D eigenvalue weighted by Gasteiger charge is 2.08. The fraction of sp³-hybridized carbons (Fsp3) is 0.364. The lowest BCUT2D eigenvalue weighted by Gasteiger charge is -2.09. The van der Waals surface area contributed by atoms with Gasteiger partial charge in [-0.1, -0.05) is 12.1 Å². The van der Waals surface area contributed by atoms with Crippen molar-refractivity contribution < 1.29 is 5.11 Å². The van der Waals surface area contributed by atoms with Crippen molar-refractivity contribution in [1.82, 2.24) is 9.78 Å². The van der Waals surface area contributed by atoms with Crippen molar-refractivity contribution in [3.63, 3.8) is 0 Å². The molecule has 0 aliphatic rings. The van der Waals surface area contributed by atoms with E-state index >= 15 is 0 Å². The van der Waals surface area contributed by atoms with Crippen LogP contribution in [0.25, 0.3) is 10.9 Å². The van der Waals surface area contributed by atoms with Crippen LogP contribution in [0.1, 0.15) is 18.5 Å². The number of benzene rings is 1. The third-order valence-corrected chi connectivity index (χ3v) is 2.44. The number of hydrogen-bond acceptors (Lipinski definition) is 2. The van der Waals surface area contributed by atoms with Gasteiger partial charge in [-0.2, -0.15) is 5.10 Å². The number of hydrogen-bond donors (Lipinski definition) is 1. The van der Waals surface area contributed by atoms with Gasteiger partial charge in [0.2, 0.25) is 0 Å². The molecule has 1 heterocycles. The molecule has 0 fully saturated rings. The molecule has 2 aromatic rings. The summed E-state index contributed by atoms with van der Waals surface area (Å²) < 4.78 is 1.86. The molecule has 1 atom stereocenters. The molecule has 0 aliphatic carbocycles. The van der Waals surface area contributed by atoms with Gasteiger partial charge in [-0.15, -0.1) is 0 Å². The lowest BCUT2D eigenvalue weighted by molar-refractivity contribution is 0.233. The predicted octanol–water partition coefficient (Wildman–Crippen LogP) is 1.90. The van der Waals surface area contributed by atoms with Crippen molar-refractivity contribution in [3.05, 3.63) is 30.0 Å². The van der Waals surface area contributed by atoms with Gasteiger partial charge in [0.05, 0.1) is 24.4 Å². The van der Waals surface area contributed by atoms with E-state index in [9.17, 15) is 0 Å². The van der Waals surface area contributed by atoms with Gasteiger partial charge in [-0.3, -0.25) is 4.68 Å². The third kappa shape index (κ3) is 1.40. The van der Waals surface area contributed by atoms with Crippen molar-refractivity contribution in [2.24, 2.45) is 0 Å². The van der Waals surface area contributed by atoms with E-state index in [1.54, 1.807) is 0 Å². The molecule has 0 amide bonds. The zero-order valence-electron chi connectivity index (χ0n) is 8.44. The molecular formula is C11H14N2O. The summed E-state index contributed by atoms with van der Waals surface area (Å²) in [7, 11) is 0. The molecule has 14 heavy (non-hydrogen) atoms. The zero-order valence-corrected chi connectivity index (χ0v) is 8.44. The molecule has 1 N–H and O–H groups in total. The van der Waals surface area contributed by atoms with Gasteiger partial charge in [0.25, 0.3) is 0 Å². The van der Waals surface area contributed by atoms with Crippen LogP contribution in [0.4, 0.5) is 0 Å². The Morgan fingerprint density at radius 3 is 3.00 bits per heavy atom. The highest BCUT2D eigenvalue weighted by atomic mass is 16.3. The fourth-order valence-electron chi connectivity index (χ4n) is 1.58. The van der Waals surface area contributed by atoms with E-state index < -0.39 is 0 Å². The van der Waals surface area contributed by atoms with Gasteiger partial charge in [0.1, 0.15) is 0 Å². The Kier molecular flexibility index (Phi) is 2.25. The fourth-order valence-corrected chi connectivity index (χ4v) is 1.58. The van der Waals surface area contributed by atoms with Crippen LogP contribution in [-0.4, -0.2) is 21.5 Å². The van der Waals surface area contributed by atoms with Gasteiger partial charge < -0.3 is 5.11 Å². The second kappa shape index (κ2) is 3.42. The third-order valence-electron chi connectivity index (χ3n) is 2.44. The second-order valence-electron chi connectivity index (χ2n) is 3.68. The Hall–Kier alpha value is -1.35. The van der Waals surface area contributed by atoms with Crippen molar-refractivity contribution in [3.8, 4) is 0 Å². The summed E-state index contributed by atoms with van der Waals surface area (Å²) in [6.45, 7) is 4.12. The average molecular weight is 190 g/mol. The van der Waals surface area contributed by atoms with Crippen LogP contribution in [0.2, 0.25) is 0 Å². The first-order valence-electron chi connectivity index (χ1n) is 4.77. The first-order chi connectivity index (χ1) is 6.72. The summed E-state index contributed by atoms with van der Waals surface area (Å²) in [5, 5.41) is 14.5. The standard InChI is InChI=1S/C11H14N2O/c1-8-3-4-10-6-12-13(9(2)7-14)11(10)5-8/h3-6,9,14H,7H2,1-2H3. The lowest BCUT2D eigenvalue weighted by Crippen LogP contribution is -2.10. The molecule has 74 valence electrons. The number of rotatable bonds is 2. The summed E-state index contributed by atoms with van der Waals surface area (Å²) in [5.41, 5.74) is 2.30. The summed E-state index contributed by atoms with van der Waals surface area (Å²) in [6, 6.07) is 6.25. The largest absolute Gasteiger partial charge is 0.394 e. The van der Waals surface area contributed by atoms with Crippen molar-refractivity contribution in [2.75, 3.05) is 6.61 Å². The lowest BCUT2D eigenvalue weighted by atomic mass is 10.2. The number of aliphatic hydroxyl groups is 1. The zero-order chi connectivity index (χ0) is 10.1. The van der Waals surface area contributed by atoms with Crippen LogP contribution in [0.3, 0.4) is 0 Å². The quantitative estimate of drug-likeness (QED) is 0.785. The number of aryl methyl sites for hydroxylation is 1. The minimum Gasteiger partial charge on any atom is -0.394 e. The van der Waals surface area contributed by atoms with Crippen molar-refractivity contribution in [1.29, 1.82) is 0 Å². The molecule has 3 nitrogen and oxygen atoms in total. The normalized spacial score (nSPS) is 13.4. The van der Waals surface area contributed by atoms with E-state index in [4.69, 9.17) is 5.11 Å². The van der Waals surface area contributed by atoms with Crippen LogP contribution in [-0.2, 0) is 0 Å². The van der Waals surface area contributed by atoms with Gasteiger partial charge in [-0.05, 0) is 25.5 Å². The van der Waals surface area contributed by atoms with E-state index in [1.807, 2.05) is 17.8 Å². The van der Waals surface area contributed by atoms with Crippen LogP contribution in [0, 0.1) is 6.92 Å². The summed E-state index contributed by atoms with van der Waals surface area (Å²) >= 11 is 0. The Bertz CT molecular complexity index is 447. The van der Waals surface area contributed by atoms with Crippen LogP contribution in [0.15, 0.2) is 24.4 Å². The van der Waals surface area contributed by atoms with E-state index in [0.717, 1.165) is 10.9 Å². The second-order valence-corrected chi connectivity index (χ2v) is 3.68. The summed E-state index contributed by atoms with van der Waals surface area (Å²) in [6.07, 6.45) is 1.83. The Labute approximate surface area is 83.0 Å². The van der Waals surface area contributed by atoms with E-state index in [-0.39, 0.29) is 12.6 Å². The number of aliphatic hydroxyl groups excluding tert-OH is 1. The maximum atomic E-state index is 9.07. The van der Waals surface area contributed by atoms with Gasteiger partial charge in [-0.25, -0.2) is 0 Å². The number of aromatic nitrogens is 2. The molecular weight excluding hydrogens is 176 g/mol. The average Bonchev–Trinajstić information content (AvgIpc) is 2.59. The Balaban J connectivity index is 2.61. The number of nitrogens with zero attached hydrogens (tertiary/aromatic N) is 2. The highest BCUT2D eigenvalue weighted by Crippen LogP contribution is 2.18. The molecule has 0 saturated carbocycles. The van der Waals surface area contributed by atoms with Gasteiger partial charge >= 0.3 is 0 Å². The monoisotopic (exact) mass is 190 g/mol. The van der Waals surface area contributed by atoms with Crippen LogP contribution < -0.4 is 0 Å². The Morgan fingerprint density at radius 2 is 2.29 bits per heavy atom. The molecule has 2 rings (SSSR count). The highest BCUT2D eigenvalue weighted by molar-refractivity contribution is 5.79. The number of fused-ring (bicyclic) bond motifs is 1. The maximum absolute atomic E-state index is 9.07. The summed E-state index contributed by atoms with van der Waals surface area (Å²) in [4.78, 5) is 0. The summed E-state index contributed by atoms with van der Waals surface area (Å²) in [5.74, 6) is 0. The Morgan fingerprint density at radius 1 is 1.50 bits per heavy atom. The SMILES string of the molecule is Cc1ccc2cnn(C(C)CO)c2c1. The van der Waals surface area contributed by atoms with E-state index in [0.29, 0.717) is 0 Å². The first-order valence-corrected chi connectivity index (χ1v) is 4.77. The molecule has 1 aromatic heterocycles. The van der Waals surface area contributed by atoms with E-state index in [2.05, 4.69) is 30.2 Å². The topological polar surface area (TPSA) is 38.0 Å². The molecule has 0 bridgehead atoms. The molecule has 0 spiro atoms. The first kappa shape index (κ1) is 9.21. The van der Waals surface area contributed by atoms with E-state index in [1.165, 1.54) is 5.56 Å². The molecule has 3 heteroatoms. The van der Waals surface area contributed by atoms with Gasteiger partial charge in [0.15, 0.2) is 0 Å². The predicted molar refractivity (Wildman–Crippen MR) is 56.3 cm³/mol. The van der Waals surface area contributed by atoms with Crippen LogP contribution >= 0.6 is 0 Å². The smallest absolute Gasteiger partial charge is 0.0729 e. The molecule has 0 saturated heterocycles. The molecule has 0 radical (unpaired) electrons. The molecule has 1 unspecified atom stereocenters. The maximum Gasteiger partial charge on any atom is 0.0729 e. The minimum atomic E-state index is 0.0364. The molecule has 1 aromatic carbocycles. The minimum absolute atomic E-state index is 0.0364. The molecule has 0 aliphatic heterocycles. The van der Waals surface area contributed by atoms with Crippen molar-refractivity contribution >= 4 is 10.9 Å². The van der Waals surface area contributed by atoms with Crippen LogP contribution in [0.5, 0.6) is 0 Å². The van der Waals surface area contributed by atoms with Crippen molar-refractivity contribution in [2.45, 2.75) is 19.9 Å².